The maximum absolute atomic E-state index is 4.46. The van der Waals surface area contributed by atoms with Crippen LogP contribution in [-0.4, -0.2) is 41.6 Å². The van der Waals surface area contributed by atoms with E-state index in [4.69, 9.17) is 0 Å². The highest BCUT2D eigenvalue weighted by molar-refractivity contribution is 5.29. The number of imidazole rings is 1. The SMILES string of the molecule is C=CCNc1nc(C)cn1CCCCN(C)C. The summed E-state index contributed by atoms with van der Waals surface area (Å²) in [4.78, 5) is 6.67. The molecule has 1 N–H and O–H groups in total. The summed E-state index contributed by atoms with van der Waals surface area (Å²) in [6.07, 6.45) is 6.34. The fourth-order valence-electron chi connectivity index (χ4n) is 1.73. The van der Waals surface area contributed by atoms with Crippen molar-refractivity contribution in [1.29, 1.82) is 0 Å². The minimum absolute atomic E-state index is 0.758. The van der Waals surface area contributed by atoms with E-state index in [0.717, 1.165) is 31.3 Å². The van der Waals surface area contributed by atoms with Crippen molar-refractivity contribution in [3.8, 4) is 0 Å². The number of aryl methyl sites for hydroxylation is 2. The largest absolute Gasteiger partial charge is 0.352 e. The monoisotopic (exact) mass is 236 g/mol. The van der Waals surface area contributed by atoms with E-state index in [1.54, 1.807) is 0 Å². The minimum Gasteiger partial charge on any atom is -0.352 e. The molecule has 0 amide bonds. The van der Waals surface area contributed by atoms with Gasteiger partial charge in [-0.2, -0.15) is 0 Å². The third-order valence-electron chi connectivity index (χ3n) is 2.56. The molecule has 0 aliphatic rings. The quantitative estimate of drug-likeness (QED) is 0.554. The van der Waals surface area contributed by atoms with Gasteiger partial charge in [-0.3, -0.25) is 0 Å². The van der Waals surface area contributed by atoms with Crippen LogP contribution in [0.25, 0.3) is 0 Å². The number of unbranched alkanes of at least 4 members (excludes halogenated alkanes) is 1. The average molecular weight is 236 g/mol. The third-order valence-corrected chi connectivity index (χ3v) is 2.56. The van der Waals surface area contributed by atoms with Gasteiger partial charge in [-0.25, -0.2) is 4.98 Å². The number of nitrogens with zero attached hydrogens (tertiary/aromatic N) is 3. The highest BCUT2D eigenvalue weighted by Crippen LogP contribution is 2.09. The Labute approximate surface area is 104 Å². The number of hydrogen-bond donors (Lipinski definition) is 1. The van der Waals surface area contributed by atoms with Crippen LogP contribution in [0, 0.1) is 6.92 Å². The van der Waals surface area contributed by atoms with Gasteiger partial charge in [0, 0.05) is 19.3 Å². The van der Waals surface area contributed by atoms with Crippen molar-refractivity contribution in [1.82, 2.24) is 14.5 Å². The predicted octanol–water partition coefficient (Wildman–Crippen LogP) is 2.13. The van der Waals surface area contributed by atoms with Crippen LogP contribution in [0.2, 0.25) is 0 Å². The van der Waals surface area contributed by atoms with Gasteiger partial charge in [-0.1, -0.05) is 6.08 Å². The van der Waals surface area contributed by atoms with Gasteiger partial charge in [0.25, 0.3) is 0 Å². The van der Waals surface area contributed by atoms with Crippen LogP contribution in [-0.2, 0) is 6.54 Å². The Morgan fingerprint density at radius 1 is 1.47 bits per heavy atom. The van der Waals surface area contributed by atoms with Crippen molar-refractivity contribution >= 4 is 5.95 Å². The summed E-state index contributed by atoms with van der Waals surface area (Å²) in [6.45, 7) is 8.65. The molecule has 0 aliphatic heterocycles. The lowest BCUT2D eigenvalue weighted by molar-refractivity contribution is 0.388. The molecule has 0 saturated heterocycles. The summed E-state index contributed by atoms with van der Waals surface area (Å²) in [5.74, 6) is 0.951. The van der Waals surface area contributed by atoms with E-state index in [-0.39, 0.29) is 0 Å². The Bertz CT molecular complexity index is 341. The van der Waals surface area contributed by atoms with Crippen LogP contribution < -0.4 is 5.32 Å². The summed E-state index contributed by atoms with van der Waals surface area (Å²) >= 11 is 0. The average Bonchev–Trinajstić information content (AvgIpc) is 2.62. The Kier molecular flexibility index (Phi) is 5.77. The summed E-state index contributed by atoms with van der Waals surface area (Å²) in [5, 5.41) is 3.26. The van der Waals surface area contributed by atoms with Crippen molar-refractivity contribution in [2.24, 2.45) is 0 Å². The van der Waals surface area contributed by atoms with E-state index >= 15 is 0 Å². The van der Waals surface area contributed by atoms with Crippen LogP contribution in [0.5, 0.6) is 0 Å². The topological polar surface area (TPSA) is 33.1 Å². The molecule has 1 aromatic rings. The zero-order chi connectivity index (χ0) is 12.7. The molecule has 1 rings (SSSR count). The second kappa shape index (κ2) is 7.12. The summed E-state index contributed by atoms with van der Waals surface area (Å²) in [5.41, 5.74) is 1.06. The first-order valence-electron chi connectivity index (χ1n) is 6.16. The highest BCUT2D eigenvalue weighted by Gasteiger charge is 2.03. The molecule has 96 valence electrons. The zero-order valence-corrected chi connectivity index (χ0v) is 11.2. The zero-order valence-electron chi connectivity index (χ0n) is 11.2. The van der Waals surface area contributed by atoms with Crippen molar-refractivity contribution < 1.29 is 0 Å². The van der Waals surface area contributed by atoms with E-state index in [1.165, 1.54) is 12.8 Å². The molecule has 1 aromatic heterocycles. The third kappa shape index (κ3) is 5.04. The van der Waals surface area contributed by atoms with Crippen molar-refractivity contribution in [3.63, 3.8) is 0 Å². The van der Waals surface area contributed by atoms with Crippen LogP contribution in [0.15, 0.2) is 18.9 Å². The summed E-state index contributed by atoms with van der Waals surface area (Å²) in [6, 6.07) is 0. The lowest BCUT2D eigenvalue weighted by Gasteiger charge is -2.11. The molecule has 0 saturated carbocycles. The Morgan fingerprint density at radius 3 is 2.88 bits per heavy atom. The maximum Gasteiger partial charge on any atom is 0.203 e. The maximum atomic E-state index is 4.46. The fourth-order valence-corrected chi connectivity index (χ4v) is 1.73. The minimum atomic E-state index is 0.758. The number of rotatable bonds is 8. The van der Waals surface area contributed by atoms with Crippen molar-refractivity contribution in [2.75, 3.05) is 32.5 Å². The van der Waals surface area contributed by atoms with Crippen LogP contribution in [0.4, 0.5) is 5.95 Å². The van der Waals surface area contributed by atoms with E-state index in [0.29, 0.717) is 0 Å². The summed E-state index contributed by atoms with van der Waals surface area (Å²) < 4.78 is 2.19. The van der Waals surface area contributed by atoms with E-state index < -0.39 is 0 Å². The first kappa shape index (κ1) is 13.8. The fraction of sp³-hybridized carbons (Fsp3) is 0.615. The second-order valence-corrected chi connectivity index (χ2v) is 4.58. The molecular formula is C13H24N4. The molecule has 0 fully saturated rings. The molecule has 4 nitrogen and oxygen atoms in total. The molecule has 0 aromatic carbocycles. The van der Waals surface area contributed by atoms with Gasteiger partial charge in [-0.05, 0) is 40.4 Å². The van der Waals surface area contributed by atoms with Crippen LogP contribution >= 0.6 is 0 Å². The summed E-state index contributed by atoms with van der Waals surface area (Å²) in [7, 11) is 4.22. The van der Waals surface area contributed by atoms with Crippen LogP contribution in [0.1, 0.15) is 18.5 Å². The van der Waals surface area contributed by atoms with Gasteiger partial charge in [0.2, 0.25) is 5.95 Å². The van der Waals surface area contributed by atoms with Gasteiger partial charge >= 0.3 is 0 Å². The molecule has 0 atom stereocenters. The molecule has 17 heavy (non-hydrogen) atoms. The van der Waals surface area contributed by atoms with E-state index in [2.05, 4.69) is 46.6 Å². The van der Waals surface area contributed by atoms with Gasteiger partial charge in [0.15, 0.2) is 0 Å². The van der Waals surface area contributed by atoms with Crippen molar-refractivity contribution in [3.05, 3.63) is 24.5 Å². The molecular weight excluding hydrogens is 212 g/mol. The molecule has 0 radical (unpaired) electrons. The van der Waals surface area contributed by atoms with E-state index in [9.17, 15) is 0 Å². The predicted molar refractivity (Wildman–Crippen MR) is 73.4 cm³/mol. The number of hydrogen-bond acceptors (Lipinski definition) is 3. The standard InChI is InChI=1S/C13H24N4/c1-5-8-14-13-15-12(2)11-17(13)10-7-6-9-16(3)4/h5,11H,1,6-10H2,2-4H3,(H,14,15). The molecule has 0 spiro atoms. The molecule has 1 heterocycles. The number of nitrogens with one attached hydrogen (secondary N) is 1. The van der Waals surface area contributed by atoms with E-state index in [1.807, 2.05) is 13.0 Å². The lowest BCUT2D eigenvalue weighted by atomic mass is 10.3. The van der Waals surface area contributed by atoms with Gasteiger partial charge in [0.1, 0.15) is 0 Å². The first-order valence-corrected chi connectivity index (χ1v) is 6.16. The first-order chi connectivity index (χ1) is 8.13. The second-order valence-electron chi connectivity index (χ2n) is 4.58. The molecule has 0 unspecified atom stereocenters. The molecule has 0 aliphatic carbocycles. The highest BCUT2D eigenvalue weighted by atomic mass is 15.2. The van der Waals surface area contributed by atoms with Crippen molar-refractivity contribution in [2.45, 2.75) is 26.3 Å². The van der Waals surface area contributed by atoms with Gasteiger partial charge in [-0.15, -0.1) is 6.58 Å². The Morgan fingerprint density at radius 2 is 2.24 bits per heavy atom. The normalized spacial score (nSPS) is 10.8. The van der Waals surface area contributed by atoms with Gasteiger partial charge in [0.05, 0.1) is 5.69 Å². The molecule has 0 bridgehead atoms. The smallest absolute Gasteiger partial charge is 0.203 e. The molecule has 4 heteroatoms. The van der Waals surface area contributed by atoms with Gasteiger partial charge < -0.3 is 14.8 Å². The Balaban J connectivity index is 2.42. The number of anilines is 1. The Hall–Kier alpha value is -1.29. The lowest BCUT2D eigenvalue weighted by Crippen LogP contribution is -2.14. The number of aromatic nitrogens is 2. The van der Waals surface area contributed by atoms with Crippen LogP contribution in [0.3, 0.4) is 0 Å².